The number of carbonyl (C=O) groups excluding carboxylic acids is 3. The monoisotopic (exact) mass is 362 g/mol. The van der Waals surface area contributed by atoms with Crippen LogP contribution in [0, 0.1) is 0 Å². The first-order valence-electron chi connectivity index (χ1n) is 7.21. The number of aromatic nitrogens is 2. The van der Waals surface area contributed by atoms with Crippen molar-refractivity contribution >= 4 is 35.2 Å². The Morgan fingerprint density at radius 2 is 1.84 bits per heavy atom. The molecule has 1 heterocycles. The zero-order valence-electron chi connectivity index (χ0n) is 13.3. The van der Waals surface area contributed by atoms with Gasteiger partial charge in [0.05, 0.1) is 0 Å². The van der Waals surface area contributed by atoms with Crippen molar-refractivity contribution in [2.75, 3.05) is 25.1 Å². The number of likely N-dealkylation sites (N-methyl/N-ethyl adjacent to an activating group) is 1. The fraction of sp³-hybridized carbons (Fsp3) is 0.188. The number of hydrogen-bond acceptors (Lipinski definition) is 7. The molecule has 0 aliphatic carbocycles. The molecule has 0 fully saturated rings. The second-order valence-corrected chi connectivity index (χ2v) is 5.36. The lowest BCUT2D eigenvalue weighted by molar-refractivity contribution is -0.146. The number of hydrogen-bond donors (Lipinski definition) is 1. The molecule has 8 nitrogen and oxygen atoms in total. The standard InChI is InChI=1S/C16H15ClN4O4/c1-21(13-8-7-12(17)19-20-13)9-15(23)25-10-14(22)18-16(24)11-5-3-2-4-6-11/h2-8H,9-10H2,1H3,(H,18,22,24). The molecule has 25 heavy (non-hydrogen) atoms. The summed E-state index contributed by atoms with van der Waals surface area (Å²) >= 11 is 5.64. The summed E-state index contributed by atoms with van der Waals surface area (Å²) in [6.45, 7) is -0.701. The van der Waals surface area contributed by atoms with Crippen LogP contribution in [-0.4, -0.2) is 48.2 Å². The molecular weight excluding hydrogens is 348 g/mol. The minimum Gasteiger partial charge on any atom is -0.454 e. The zero-order chi connectivity index (χ0) is 18.2. The summed E-state index contributed by atoms with van der Waals surface area (Å²) in [4.78, 5) is 36.7. The lowest BCUT2D eigenvalue weighted by Crippen LogP contribution is -2.35. The Hall–Kier alpha value is -3.00. The normalized spacial score (nSPS) is 10.0. The van der Waals surface area contributed by atoms with Gasteiger partial charge in [0.1, 0.15) is 6.54 Å². The van der Waals surface area contributed by atoms with E-state index < -0.39 is 24.4 Å². The molecule has 1 aromatic heterocycles. The van der Waals surface area contributed by atoms with Crippen LogP contribution >= 0.6 is 11.6 Å². The van der Waals surface area contributed by atoms with E-state index in [9.17, 15) is 14.4 Å². The maximum atomic E-state index is 11.8. The van der Waals surface area contributed by atoms with E-state index >= 15 is 0 Å². The van der Waals surface area contributed by atoms with Crippen LogP contribution in [0.3, 0.4) is 0 Å². The third kappa shape index (κ3) is 5.85. The maximum absolute atomic E-state index is 11.8. The van der Waals surface area contributed by atoms with Gasteiger partial charge in [0.15, 0.2) is 17.6 Å². The topological polar surface area (TPSA) is 101 Å². The molecule has 2 aromatic rings. The van der Waals surface area contributed by atoms with E-state index in [0.29, 0.717) is 11.4 Å². The number of nitrogens with zero attached hydrogens (tertiary/aromatic N) is 3. The largest absolute Gasteiger partial charge is 0.454 e. The SMILES string of the molecule is CN(CC(=O)OCC(=O)NC(=O)c1ccccc1)c1ccc(Cl)nn1. The highest BCUT2D eigenvalue weighted by atomic mass is 35.5. The molecule has 2 rings (SSSR count). The summed E-state index contributed by atoms with van der Waals surface area (Å²) < 4.78 is 4.84. The van der Waals surface area contributed by atoms with Gasteiger partial charge in [0, 0.05) is 12.6 Å². The minimum atomic E-state index is -0.712. The van der Waals surface area contributed by atoms with Gasteiger partial charge in [0.25, 0.3) is 11.8 Å². The van der Waals surface area contributed by atoms with Crippen LogP contribution in [0.15, 0.2) is 42.5 Å². The summed E-state index contributed by atoms with van der Waals surface area (Å²) in [6, 6.07) is 11.4. The molecule has 9 heteroatoms. The Balaban J connectivity index is 1.76. The Bertz CT molecular complexity index is 752. The van der Waals surface area contributed by atoms with Gasteiger partial charge in [-0.15, -0.1) is 10.2 Å². The van der Waals surface area contributed by atoms with E-state index in [2.05, 4.69) is 15.5 Å². The molecule has 1 N–H and O–H groups in total. The van der Waals surface area contributed by atoms with Crippen LogP contribution in [-0.2, 0) is 14.3 Å². The molecule has 2 amide bonds. The van der Waals surface area contributed by atoms with Crippen molar-refractivity contribution in [3.63, 3.8) is 0 Å². The second kappa shape index (κ2) is 8.74. The number of halogens is 1. The molecular formula is C16H15ClN4O4. The summed E-state index contributed by atoms with van der Waals surface area (Å²) in [5, 5.41) is 9.85. The number of benzene rings is 1. The van der Waals surface area contributed by atoms with E-state index in [4.69, 9.17) is 16.3 Å². The van der Waals surface area contributed by atoms with Gasteiger partial charge in [-0.2, -0.15) is 0 Å². The van der Waals surface area contributed by atoms with Crippen LogP contribution in [0.1, 0.15) is 10.4 Å². The van der Waals surface area contributed by atoms with Crippen molar-refractivity contribution in [3.8, 4) is 0 Å². The fourth-order valence-electron chi connectivity index (χ4n) is 1.80. The van der Waals surface area contributed by atoms with Gasteiger partial charge in [-0.05, 0) is 24.3 Å². The van der Waals surface area contributed by atoms with Gasteiger partial charge in [-0.1, -0.05) is 29.8 Å². The Morgan fingerprint density at radius 1 is 1.12 bits per heavy atom. The highest BCUT2D eigenvalue weighted by Crippen LogP contribution is 2.09. The minimum absolute atomic E-state index is 0.143. The van der Waals surface area contributed by atoms with Crippen LogP contribution in [0.5, 0.6) is 0 Å². The molecule has 0 spiro atoms. The van der Waals surface area contributed by atoms with Crippen LogP contribution in [0.2, 0.25) is 5.15 Å². The average molecular weight is 363 g/mol. The molecule has 0 saturated carbocycles. The Morgan fingerprint density at radius 3 is 2.48 bits per heavy atom. The predicted octanol–water partition coefficient (Wildman–Crippen LogP) is 1.07. The first kappa shape index (κ1) is 18.3. The second-order valence-electron chi connectivity index (χ2n) is 4.97. The van der Waals surface area contributed by atoms with E-state index in [1.807, 2.05) is 0 Å². The molecule has 0 radical (unpaired) electrons. The molecule has 1 aromatic carbocycles. The van der Waals surface area contributed by atoms with Crippen molar-refractivity contribution < 1.29 is 19.1 Å². The molecule has 0 aliphatic heterocycles. The molecule has 130 valence electrons. The van der Waals surface area contributed by atoms with Gasteiger partial charge >= 0.3 is 5.97 Å². The number of imide groups is 1. The maximum Gasteiger partial charge on any atom is 0.326 e. The molecule has 0 atom stereocenters. The number of anilines is 1. The molecule has 0 saturated heterocycles. The van der Waals surface area contributed by atoms with Crippen molar-refractivity contribution in [1.29, 1.82) is 0 Å². The number of carbonyl (C=O) groups is 3. The number of nitrogens with one attached hydrogen (secondary N) is 1. The van der Waals surface area contributed by atoms with Gasteiger partial charge < -0.3 is 9.64 Å². The third-order valence-electron chi connectivity index (χ3n) is 3.03. The number of rotatable bonds is 6. The van der Waals surface area contributed by atoms with Gasteiger partial charge in [0.2, 0.25) is 0 Å². The number of amides is 2. The summed E-state index contributed by atoms with van der Waals surface area (Å²) in [5.74, 6) is -1.50. The Labute approximate surface area is 148 Å². The van der Waals surface area contributed by atoms with E-state index in [0.717, 1.165) is 0 Å². The highest BCUT2D eigenvalue weighted by molar-refractivity contribution is 6.29. The van der Waals surface area contributed by atoms with Crippen molar-refractivity contribution in [2.45, 2.75) is 0 Å². The Kier molecular flexibility index (Phi) is 6.41. The quantitative estimate of drug-likeness (QED) is 0.767. The van der Waals surface area contributed by atoms with Crippen molar-refractivity contribution in [3.05, 3.63) is 53.2 Å². The van der Waals surface area contributed by atoms with Crippen LogP contribution < -0.4 is 10.2 Å². The first-order chi connectivity index (χ1) is 12.0. The van der Waals surface area contributed by atoms with Gasteiger partial charge in [-0.3, -0.25) is 19.7 Å². The van der Waals surface area contributed by atoms with E-state index in [-0.39, 0.29) is 11.7 Å². The summed E-state index contributed by atoms with van der Waals surface area (Å²) in [5.41, 5.74) is 0.336. The third-order valence-corrected chi connectivity index (χ3v) is 3.23. The van der Waals surface area contributed by atoms with Gasteiger partial charge in [-0.25, -0.2) is 0 Å². The van der Waals surface area contributed by atoms with Crippen LogP contribution in [0.4, 0.5) is 5.82 Å². The first-order valence-corrected chi connectivity index (χ1v) is 7.58. The van der Waals surface area contributed by atoms with E-state index in [1.54, 1.807) is 43.4 Å². The van der Waals surface area contributed by atoms with Crippen LogP contribution in [0.25, 0.3) is 0 Å². The fourth-order valence-corrected chi connectivity index (χ4v) is 1.90. The summed E-state index contributed by atoms with van der Waals surface area (Å²) in [7, 11) is 1.61. The lowest BCUT2D eigenvalue weighted by atomic mass is 10.2. The molecule has 0 unspecified atom stereocenters. The zero-order valence-corrected chi connectivity index (χ0v) is 14.1. The molecule has 0 bridgehead atoms. The van der Waals surface area contributed by atoms with Crippen molar-refractivity contribution in [1.82, 2.24) is 15.5 Å². The number of ether oxygens (including phenoxy) is 1. The highest BCUT2D eigenvalue weighted by Gasteiger charge is 2.14. The van der Waals surface area contributed by atoms with Crippen molar-refractivity contribution in [2.24, 2.45) is 0 Å². The summed E-state index contributed by atoms with van der Waals surface area (Å²) in [6.07, 6.45) is 0. The lowest BCUT2D eigenvalue weighted by Gasteiger charge is -2.16. The molecule has 0 aliphatic rings. The predicted molar refractivity (Wildman–Crippen MR) is 90.2 cm³/mol. The number of esters is 1. The van der Waals surface area contributed by atoms with E-state index in [1.165, 1.54) is 11.0 Å². The smallest absolute Gasteiger partial charge is 0.326 e. The average Bonchev–Trinajstić information content (AvgIpc) is 2.61.